The number of hydrogen-bond donors (Lipinski definition) is 0. The van der Waals surface area contributed by atoms with Gasteiger partial charge in [-0.1, -0.05) is 35.5 Å². The van der Waals surface area contributed by atoms with Gasteiger partial charge in [0, 0.05) is 29.4 Å². The van der Waals surface area contributed by atoms with Gasteiger partial charge in [-0.15, -0.1) is 10.2 Å². The van der Waals surface area contributed by atoms with E-state index in [2.05, 4.69) is 15.2 Å². The van der Waals surface area contributed by atoms with Crippen LogP contribution < -0.4 is 5.56 Å². The molecule has 0 unspecified atom stereocenters. The standard InChI is InChI=1S/C18H14ClN5OS/c1-12-14(19)6-4-7-15(12)23-9-10-24-16(17(23)25)21-22-18(24)26-11-13-5-2-3-8-20-13/h2-10H,11H2,1H3. The van der Waals surface area contributed by atoms with Crippen molar-refractivity contribution < 1.29 is 0 Å². The van der Waals surface area contributed by atoms with Crippen molar-refractivity contribution in [3.8, 4) is 5.69 Å². The largest absolute Gasteiger partial charge is 0.300 e. The number of benzene rings is 1. The zero-order valence-electron chi connectivity index (χ0n) is 13.8. The molecule has 1 aromatic carbocycles. The molecule has 8 heteroatoms. The molecule has 3 aromatic heterocycles. The van der Waals surface area contributed by atoms with Crippen LogP contribution in [0.5, 0.6) is 0 Å². The number of nitrogens with zero attached hydrogens (tertiary/aromatic N) is 5. The van der Waals surface area contributed by atoms with Crippen LogP contribution >= 0.6 is 23.4 Å². The predicted molar refractivity (Wildman–Crippen MR) is 102 cm³/mol. The van der Waals surface area contributed by atoms with Gasteiger partial charge in [-0.25, -0.2) is 0 Å². The predicted octanol–water partition coefficient (Wildman–Crippen LogP) is 3.53. The van der Waals surface area contributed by atoms with E-state index in [-0.39, 0.29) is 11.2 Å². The number of thioether (sulfide) groups is 1. The van der Waals surface area contributed by atoms with E-state index in [4.69, 9.17) is 11.6 Å². The summed E-state index contributed by atoms with van der Waals surface area (Å²) in [4.78, 5) is 17.1. The molecule has 0 radical (unpaired) electrons. The van der Waals surface area contributed by atoms with Crippen LogP contribution in [0.4, 0.5) is 0 Å². The third-order valence-corrected chi connectivity index (χ3v) is 5.40. The van der Waals surface area contributed by atoms with E-state index in [1.165, 1.54) is 11.8 Å². The van der Waals surface area contributed by atoms with E-state index in [0.29, 0.717) is 15.9 Å². The van der Waals surface area contributed by atoms with Crippen LogP contribution in [-0.4, -0.2) is 24.1 Å². The summed E-state index contributed by atoms with van der Waals surface area (Å²) in [5.41, 5.74) is 2.54. The summed E-state index contributed by atoms with van der Waals surface area (Å²) in [5.74, 6) is 0.651. The molecule has 0 atom stereocenters. The number of rotatable bonds is 4. The van der Waals surface area contributed by atoms with Crippen molar-refractivity contribution in [1.29, 1.82) is 0 Å². The van der Waals surface area contributed by atoms with E-state index in [0.717, 1.165) is 16.9 Å². The first-order valence-corrected chi connectivity index (χ1v) is 9.26. The summed E-state index contributed by atoms with van der Waals surface area (Å²) in [6.45, 7) is 1.88. The Morgan fingerprint density at radius 2 is 2.00 bits per heavy atom. The number of aromatic nitrogens is 5. The molecular formula is C18H14ClN5OS. The van der Waals surface area contributed by atoms with Gasteiger partial charge in [0.2, 0.25) is 5.65 Å². The minimum Gasteiger partial charge on any atom is -0.279 e. The topological polar surface area (TPSA) is 65.1 Å². The van der Waals surface area contributed by atoms with Crippen LogP contribution in [0, 0.1) is 6.92 Å². The molecule has 0 aliphatic heterocycles. The van der Waals surface area contributed by atoms with Gasteiger partial charge in [0.25, 0.3) is 0 Å². The molecule has 3 heterocycles. The van der Waals surface area contributed by atoms with Gasteiger partial charge < -0.3 is 0 Å². The molecule has 26 heavy (non-hydrogen) atoms. The van der Waals surface area contributed by atoms with E-state index in [9.17, 15) is 4.79 Å². The maximum Gasteiger partial charge on any atom is 0.300 e. The highest BCUT2D eigenvalue weighted by atomic mass is 35.5. The molecule has 0 saturated carbocycles. The number of hydrogen-bond acceptors (Lipinski definition) is 5. The van der Waals surface area contributed by atoms with Crippen molar-refractivity contribution in [3.05, 3.63) is 81.6 Å². The summed E-state index contributed by atoms with van der Waals surface area (Å²) in [6.07, 6.45) is 5.25. The van der Waals surface area contributed by atoms with Gasteiger partial charge in [0.05, 0.1) is 11.4 Å². The van der Waals surface area contributed by atoms with Crippen molar-refractivity contribution in [2.24, 2.45) is 0 Å². The Labute approximate surface area is 158 Å². The Morgan fingerprint density at radius 1 is 1.12 bits per heavy atom. The van der Waals surface area contributed by atoms with Gasteiger partial charge in [-0.2, -0.15) is 0 Å². The number of pyridine rings is 1. The van der Waals surface area contributed by atoms with Gasteiger partial charge in [0.1, 0.15) is 0 Å². The molecule has 0 bridgehead atoms. The maximum atomic E-state index is 12.9. The Hall–Kier alpha value is -2.64. The molecule has 4 rings (SSSR count). The van der Waals surface area contributed by atoms with E-state index in [1.54, 1.807) is 33.6 Å². The van der Waals surface area contributed by atoms with Crippen LogP contribution in [0.3, 0.4) is 0 Å². The van der Waals surface area contributed by atoms with Crippen LogP contribution in [0.2, 0.25) is 5.02 Å². The Kier molecular flexibility index (Phi) is 4.48. The molecular weight excluding hydrogens is 370 g/mol. The van der Waals surface area contributed by atoms with E-state index < -0.39 is 0 Å². The molecule has 0 N–H and O–H groups in total. The highest BCUT2D eigenvalue weighted by Gasteiger charge is 2.14. The summed E-state index contributed by atoms with van der Waals surface area (Å²) in [7, 11) is 0. The quantitative estimate of drug-likeness (QED) is 0.504. The number of halogens is 1. The minimum atomic E-state index is -0.241. The fraction of sp³-hybridized carbons (Fsp3) is 0.111. The Morgan fingerprint density at radius 3 is 2.81 bits per heavy atom. The molecule has 0 fully saturated rings. The fourth-order valence-corrected chi connectivity index (χ4v) is 3.64. The highest BCUT2D eigenvalue weighted by Crippen LogP contribution is 2.22. The van der Waals surface area contributed by atoms with Crippen molar-refractivity contribution >= 4 is 29.0 Å². The Bertz CT molecular complexity index is 1140. The first-order chi connectivity index (χ1) is 12.6. The summed E-state index contributed by atoms with van der Waals surface area (Å²) in [5, 5.41) is 9.49. The average Bonchev–Trinajstić information content (AvgIpc) is 3.08. The second kappa shape index (κ2) is 6.93. The normalized spacial score (nSPS) is 11.2. The molecule has 130 valence electrons. The third kappa shape index (κ3) is 3.00. The zero-order chi connectivity index (χ0) is 18.1. The summed E-state index contributed by atoms with van der Waals surface area (Å²) in [6, 6.07) is 11.2. The van der Waals surface area contributed by atoms with Crippen molar-refractivity contribution in [1.82, 2.24) is 24.1 Å². The third-order valence-electron chi connectivity index (χ3n) is 4.01. The first-order valence-electron chi connectivity index (χ1n) is 7.90. The van der Waals surface area contributed by atoms with Crippen molar-refractivity contribution in [2.45, 2.75) is 17.8 Å². The fourth-order valence-electron chi connectivity index (χ4n) is 2.63. The van der Waals surface area contributed by atoms with Gasteiger partial charge in [-0.3, -0.25) is 18.7 Å². The molecule has 0 saturated heterocycles. The summed E-state index contributed by atoms with van der Waals surface area (Å²) < 4.78 is 3.24. The second-order valence-electron chi connectivity index (χ2n) is 5.64. The molecule has 4 aromatic rings. The van der Waals surface area contributed by atoms with E-state index in [1.807, 2.05) is 37.3 Å². The minimum absolute atomic E-state index is 0.241. The van der Waals surface area contributed by atoms with Crippen LogP contribution in [0.25, 0.3) is 11.3 Å². The highest BCUT2D eigenvalue weighted by molar-refractivity contribution is 7.98. The number of fused-ring (bicyclic) bond motifs is 1. The van der Waals surface area contributed by atoms with Crippen molar-refractivity contribution in [2.75, 3.05) is 0 Å². The lowest BCUT2D eigenvalue weighted by Gasteiger charge is -2.10. The lowest BCUT2D eigenvalue weighted by Crippen LogP contribution is -2.21. The van der Waals surface area contributed by atoms with Crippen LogP contribution in [-0.2, 0) is 5.75 Å². The lowest BCUT2D eigenvalue weighted by molar-refractivity contribution is 0.890. The molecule has 0 amide bonds. The zero-order valence-corrected chi connectivity index (χ0v) is 15.4. The first kappa shape index (κ1) is 16.8. The van der Waals surface area contributed by atoms with Crippen LogP contribution in [0.15, 0.2) is 64.9 Å². The Balaban J connectivity index is 1.72. The lowest BCUT2D eigenvalue weighted by atomic mass is 10.2. The van der Waals surface area contributed by atoms with E-state index >= 15 is 0 Å². The average molecular weight is 384 g/mol. The summed E-state index contributed by atoms with van der Waals surface area (Å²) >= 11 is 7.66. The van der Waals surface area contributed by atoms with Gasteiger partial charge in [0.15, 0.2) is 5.16 Å². The smallest absolute Gasteiger partial charge is 0.279 e. The molecule has 6 nitrogen and oxygen atoms in total. The maximum absolute atomic E-state index is 12.9. The van der Waals surface area contributed by atoms with Gasteiger partial charge >= 0.3 is 5.56 Å². The van der Waals surface area contributed by atoms with Gasteiger partial charge in [-0.05, 0) is 36.8 Å². The van der Waals surface area contributed by atoms with Crippen molar-refractivity contribution in [3.63, 3.8) is 0 Å². The monoisotopic (exact) mass is 383 g/mol. The second-order valence-corrected chi connectivity index (χ2v) is 6.99. The molecule has 0 aliphatic rings. The molecule has 0 aliphatic carbocycles. The SMILES string of the molecule is Cc1c(Cl)cccc1-n1ccn2c(SCc3ccccn3)nnc2c1=O. The molecule has 0 spiro atoms. The van der Waals surface area contributed by atoms with Crippen LogP contribution in [0.1, 0.15) is 11.3 Å².